The van der Waals surface area contributed by atoms with Crippen LogP contribution < -0.4 is 5.32 Å². The molecule has 0 saturated carbocycles. The predicted octanol–water partition coefficient (Wildman–Crippen LogP) is 3.35. The summed E-state index contributed by atoms with van der Waals surface area (Å²) in [5.41, 5.74) is 0.817. The third kappa shape index (κ3) is 3.74. The molecule has 2 nitrogen and oxygen atoms in total. The van der Waals surface area contributed by atoms with Gasteiger partial charge in [0.15, 0.2) is 0 Å². The molecule has 0 radical (unpaired) electrons. The van der Waals surface area contributed by atoms with Crippen LogP contribution in [0.2, 0.25) is 5.02 Å². The highest BCUT2D eigenvalue weighted by Gasteiger charge is 2.23. The van der Waals surface area contributed by atoms with Gasteiger partial charge in [0.05, 0.1) is 6.10 Å². The van der Waals surface area contributed by atoms with Crippen LogP contribution in [0.25, 0.3) is 0 Å². The lowest BCUT2D eigenvalue weighted by Crippen LogP contribution is -2.47. The van der Waals surface area contributed by atoms with E-state index in [9.17, 15) is 5.11 Å². The Morgan fingerprint density at radius 3 is 2.62 bits per heavy atom. The Morgan fingerprint density at radius 2 is 2.12 bits per heavy atom. The second-order valence-corrected chi connectivity index (χ2v) is 5.78. The second-order valence-electron chi connectivity index (χ2n) is 4.49. The smallest absolute Gasteiger partial charge is 0.0688 e. The molecule has 4 heteroatoms. The Bertz CT molecular complexity index is 366. The average Bonchev–Trinajstić information content (AvgIpc) is 2.16. The summed E-state index contributed by atoms with van der Waals surface area (Å²) in [6, 6.07) is 5.70. The molecule has 0 amide bonds. The Kier molecular flexibility index (Phi) is 4.80. The van der Waals surface area contributed by atoms with E-state index in [4.69, 9.17) is 11.6 Å². The van der Waals surface area contributed by atoms with Crippen molar-refractivity contribution < 1.29 is 5.11 Å². The van der Waals surface area contributed by atoms with Crippen LogP contribution in [0.3, 0.4) is 0 Å². The van der Waals surface area contributed by atoms with Gasteiger partial charge in [0, 0.05) is 21.6 Å². The van der Waals surface area contributed by atoms with E-state index in [2.05, 4.69) is 21.2 Å². The zero-order valence-corrected chi connectivity index (χ0v) is 12.1. The topological polar surface area (TPSA) is 32.3 Å². The summed E-state index contributed by atoms with van der Waals surface area (Å²) in [6.07, 6.45) is -0.404. The summed E-state index contributed by atoms with van der Waals surface area (Å²) in [6.45, 7) is 6.42. The minimum absolute atomic E-state index is 0.306. The molecular formula is C12H17BrClNO. The van der Waals surface area contributed by atoms with Crippen molar-refractivity contribution in [2.45, 2.75) is 39.0 Å². The minimum atomic E-state index is -0.404. The van der Waals surface area contributed by atoms with Crippen molar-refractivity contribution in [3.05, 3.63) is 33.3 Å². The summed E-state index contributed by atoms with van der Waals surface area (Å²) < 4.78 is 0.980. The predicted molar refractivity (Wildman–Crippen MR) is 71.8 cm³/mol. The van der Waals surface area contributed by atoms with Crippen LogP contribution in [0.1, 0.15) is 26.3 Å². The van der Waals surface area contributed by atoms with Gasteiger partial charge in [-0.2, -0.15) is 0 Å². The van der Waals surface area contributed by atoms with Crippen molar-refractivity contribution in [1.29, 1.82) is 0 Å². The van der Waals surface area contributed by atoms with Gasteiger partial charge in [-0.05, 0) is 38.5 Å². The second kappa shape index (κ2) is 5.50. The summed E-state index contributed by atoms with van der Waals surface area (Å²) in [5, 5.41) is 13.6. The number of aliphatic hydroxyl groups excluding tert-OH is 1. The van der Waals surface area contributed by atoms with Crippen LogP contribution in [0.5, 0.6) is 0 Å². The molecule has 1 rings (SSSR count). The molecule has 0 bridgehead atoms. The van der Waals surface area contributed by atoms with Crippen molar-refractivity contribution in [2.24, 2.45) is 0 Å². The Morgan fingerprint density at radius 1 is 1.50 bits per heavy atom. The largest absolute Gasteiger partial charge is 0.392 e. The summed E-state index contributed by atoms with van der Waals surface area (Å²) in [5.74, 6) is 0. The van der Waals surface area contributed by atoms with Gasteiger partial charge in [-0.25, -0.2) is 0 Å². The highest BCUT2D eigenvalue weighted by molar-refractivity contribution is 9.10. The van der Waals surface area contributed by atoms with Gasteiger partial charge >= 0.3 is 0 Å². The van der Waals surface area contributed by atoms with Crippen LogP contribution in [-0.2, 0) is 6.54 Å². The zero-order chi connectivity index (χ0) is 12.3. The van der Waals surface area contributed by atoms with Crippen LogP contribution in [-0.4, -0.2) is 16.7 Å². The van der Waals surface area contributed by atoms with Crippen LogP contribution >= 0.6 is 27.5 Å². The minimum Gasteiger partial charge on any atom is -0.392 e. The first-order valence-corrected chi connectivity index (χ1v) is 6.37. The van der Waals surface area contributed by atoms with Gasteiger partial charge in [-0.1, -0.05) is 33.6 Å². The molecular weight excluding hydrogens is 289 g/mol. The fourth-order valence-electron chi connectivity index (χ4n) is 1.14. The van der Waals surface area contributed by atoms with Crippen LogP contribution in [0, 0.1) is 0 Å². The van der Waals surface area contributed by atoms with E-state index in [1.165, 1.54) is 0 Å². The SMILES string of the molecule is CC(O)C(C)(C)NCc1ccc(Cl)cc1Br. The van der Waals surface area contributed by atoms with Gasteiger partial charge in [0.25, 0.3) is 0 Å². The van der Waals surface area contributed by atoms with Crippen LogP contribution in [0.15, 0.2) is 22.7 Å². The zero-order valence-electron chi connectivity index (χ0n) is 9.72. The summed E-state index contributed by atoms with van der Waals surface area (Å²) in [7, 11) is 0. The van der Waals surface area contributed by atoms with Gasteiger partial charge in [0.2, 0.25) is 0 Å². The van der Waals surface area contributed by atoms with Gasteiger partial charge in [-0.3, -0.25) is 0 Å². The standard InChI is InChI=1S/C12H17BrClNO/c1-8(16)12(2,3)15-7-9-4-5-10(14)6-11(9)13/h4-6,8,15-16H,7H2,1-3H3. The van der Waals surface area contributed by atoms with E-state index < -0.39 is 6.10 Å². The fraction of sp³-hybridized carbons (Fsp3) is 0.500. The normalized spacial score (nSPS) is 13.9. The van der Waals surface area contributed by atoms with E-state index in [0.717, 1.165) is 10.0 Å². The first-order valence-electron chi connectivity index (χ1n) is 5.20. The first-order chi connectivity index (χ1) is 7.33. The number of aliphatic hydroxyl groups is 1. The maximum Gasteiger partial charge on any atom is 0.0688 e. The molecule has 0 aliphatic rings. The van der Waals surface area contributed by atoms with Crippen molar-refractivity contribution >= 4 is 27.5 Å². The van der Waals surface area contributed by atoms with Gasteiger partial charge in [-0.15, -0.1) is 0 Å². The highest BCUT2D eigenvalue weighted by Crippen LogP contribution is 2.22. The van der Waals surface area contributed by atoms with E-state index >= 15 is 0 Å². The lowest BCUT2D eigenvalue weighted by atomic mass is 9.98. The summed E-state index contributed by atoms with van der Waals surface area (Å²) in [4.78, 5) is 0. The average molecular weight is 307 g/mol. The van der Waals surface area contributed by atoms with E-state index in [0.29, 0.717) is 11.6 Å². The molecule has 1 aromatic rings. The quantitative estimate of drug-likeness (QED) is 0.894. The molecule has 16 heavy (non-hydrogen) atoms. The number of rotatable bonds is 4. The van der Waals surface area contributed by atoms with E-state index in [1.54, 1.807) is 6.92 Å². The Balaban J connectivity index is 2.68. The third-order valence-electron chi connectivity index (χ3n) is 2.79. The molecule has 90 valence electrons. The van der Waals surface area contributed by atoms with E-state index in [1.807, 2.05) is 32.0 Å². The molecule has 1 aromatic carbocycles. The monoisotopic (exact) mass is 305 g/mol. The number of hydrogen-bond acceptors (Lipinski definition) is 2. The lowest BCUT2D eigenvalue weighted by Gasteiger charge is -2.29. The van der Waals surface area contributed by atoms with E-state index in [-0.39, 0.29) is 5.54 Å². The molecule has 0 saturated heterocycles. The van der Waals surface area contributed by atoms with Crippen molar-refractivity contribution in [3.63, 3.8) is 0 Å². The highest BCUT2D eigenvalue weighted by atomic mass is 79.9. The van der Waals surface area contributed by atoms with Gasteiger partial charge in [0.1, 0.15) is 0 Å². The molecule has 1 unspecified atom stereocenters. The molecule has 0 aliphatic heterocycles. The number of halogens is 2. The van der Waals surface area contributed by atoms with Gasteiger partial charge < -0.3 is 10.4 Å². The van der Waals surface area contributed by atoms with Crippen molar-refractivity contribution in [2.75, 3.05) is 0 Å². The third-order valence-corrected chi connectivity index (χ3v) is 3.77. The Hall–Kier alpha value is -0.0900. The van der Waals surface area contributed by atoms with Crippen molar-refractivity contribution in [1.82, 2.24) is 5.32 Å². The fourth-order valence-corrected chi connectivity index (χ4v) is 1.96. The summed E-state index contributed by atoms with van der Waals surface area (Å²) >= 11 is 9.33. The molecule has 0 aliphatic carbocycles. The van der Waals surface area contributed by atoms with Crippen LogP contribution in [0.4, 0.5) is 0 Å². The Labute approximate surface area is 110 Å². The molecule has 0 spiro atoms. The molecule has 0 fully saturated rings. The number of hydrogen-bond donors (Lipinski definition) is 2. The molecule has 2 N–H and O–H groups in total. The molecule has 0 aromatic heterocycles. The maximum absolute atomic E-state index is 9.58. The van der Waals surface area contributed by atoms with Crippen molar-refractivity contribution in [3.8, 4) is 0 Å². The maximum atomic E-state index is 9.58. The number of benzene rings is 1. The lowest BCUT2D eigenvalue weighted by molar-refractivity contribution is 0.0956. The first kappa shape index (κ1) is 14.0. The number of nitrogens with one attached hydrogen (secondary N) is 1. The molecule has 0 heterocycles. The molecule has 1 atom stereocenters.